The number of thiophene rings is 1. The van der Waals surface area contributed by atoms with Crippen LogP contribution in [0.15, 0.2) is 34.4 Å². The molecular formula is C12H7BrN2O2S. The summed E-state index contributed by atoms with van der Waals surface area (Å²) in [7, 11) is 0. The van der Waals surface area contributed by atoms with E-state index in [0.717, 1.165) is 9.35 Å². The van der Waals surface area contributed by atoms with Gasteiger partial charge in [0.25, 0.3) is 11.8 Å². The molecule has 2 aromatic rings. The van der Waals surface area contributed by atoms with Gasteiger partial charge in [-0.2, -0.15) is 0 Å². The third-order valence-corrected chi connectivity index (χ3v) is 4.68. The van der Waals surface area contributed by atoms with Crippen LogP contribution >= 0.6 is 27.3 Å². The summed E-state index contributed by atoms with van der Waals surface area (Å²) in [4.78, 5) is 30.3. The zero-order valence-electron chi connectivity index (χ0n) is 9.09. The molecule has 0 aliphatic carbocycles. The Labute approximate surface area is 115 Å². The van der Waals surface area contributed by atoms with E-state index in [1.165, 1.54) is 28.6 Å². The smallest absolute Gasteiger partial charge is 0.263 e. The van der Waals surface area contributed by atoms with Gasteiger partial charge in [0, 0.05) is 21.7 Å². The first-order valence-electron chi connectivity index (χ1n) is 5.20. The summed E-state index contributed by atoms with van der Waals surface area (Å²) in [6, 6.07) is 3.48. The summed E-state index contributed by atoms with van der Waals surface area (Å²) in [5, 5.41) is 1.92. The second-order valence-electron chi connectivity index (χ2n) is 3.81. The Morgan fingerprint density at radius 1 is 1.22 bits per heavy atom. The molecule has 0 saturated heterocycles. The average molecular weight is 323 g/mol. The zero-order chi connectivity index (χ0) is 12.7. The number of halogens is 1. The molecule has 0 atom stereocenters. The molecule has 0 bridgehead atoms. The van der Waals surface area contributed by atoms with Gasteiger partial charge in [-0.25, -0.2) is 0 Å². The highest BCUT2D eigenvalue weighted by molar-refractivity contribution is 9.10. The molecule has 2 amide bonds. The minimum atomic E-state index is -0.275. The number of fused-ring (bicyclic) bond motifs is 1. The van der Waals surface area contributed by atoms with Crippen molar-refractivity contribution in [3.05, 3.63) is 50.4 Å². The van der Waals surface area contributed by atoms with Gasteiger partial charge < -0.3 is 0 Å². The fourth-order valence-electron chi connectivity index (χ4n) is 1.86. The molecule has 0 saturated carbocycles. The van der Waals surface area contributed by atoms with Gasteiger partial charge in [-0.05, 0) is 33.4 Å². The monoisotopic (exact) mass is 322 g/mol. The molecule has 90 valence electrons. The molecule has 0 spiro atoms. The summed E-state index contributed by atoms with van der Waals surface area (Å²) in [5.74, 6) is -0.527. The van der Waals surface area contributed by atoms with Gasteiger partial charge in [0.05, 0.1) is 17.7 Å². The third kappa shape index (κ3) is 1.69. The third-order valence-electron chi connectivity index (χ3n) is 2.76. The van der Waals surface area contributed by atoms with Crippen molar-refractivity contribution in [3.8, 4) is 0 Å². The minimum Gasteiger partial charge on any atom is -0.269 e. The molecule has 4 nitrogen and oxygen atoms in total. The first kappa shape index (κ1) is 11.6. The number of carbonyl (C=O) groups is 2. The maximum atomic E-state index is 12.1. The number of aromatic nitrogens is 1. The van der Waals surface area contributed by atoms with Crippen molar-refractivity contribution in [3.63, 3.8) is 0 Å². The highest BCUT2D eigenvalue weighted by Gasteiger charge is 2.35. The highest BCUT2D eigenvalue weighted by Crippen LogP contribution is 2.28. The predicted octanol–water partition coefficient (Wildman–Crippen LogP) is 2.70. The van der Waals surface area contributed by atoms with Crippen LogP contribution in [0.3, 0.4) is 0 Å². The fraction of sp³-hybridized carbons (Fsp3) is 0.0833. The number of rotatable bonds is 2. The van der Waals surface area contributed by atoms with Gasteiger partial charge in [-0.1, -0.05) is 0 Å². The van der Waals surface area contributed by atoms with Crippen LogP contribution in [0, 0.1) is 0 Å². The van der Waals surface area contributed by atoms with E-state index in [1.807, 2.05) is 11.4 Å². The molecule has 3 rings (SSSR count). The Kier molecular flexibility index (Phi) is 2.76. The van der Waals surface area contributed by atoms with Gasteiger partial charge in [-0.15, -0.1) is 11.3 Å². The van der Waals surface area contributed by atoms with Crippen LogP contribution in [0.4, 0.5) is 0 Å². The molecule has 3 heterocycles. The van der Waals surface area contributed by atoms with Crippen molar-refractivity contribution in [2.24, 2.45) is 0 Å². The van der Waals surface area contributed by atoms with E-state index in [0.29, 0.717) is 17.7 Å². The fourth-order valence-corrected chi connectivity index (χ4v) is 3.33. The summed E-state index contributed by atoms with van der Waals surface area (Å²) in [6.07, 6.45) is 2.97. The van der Waals surface area contributed by atoms with Crippen LogP contribution < -0.4 is 0 Å². The lowest BCUT2D eigenvalue weighted by Crippen LogP contribution is -2.28. The SMILES string of the molecule is O=C1c2ccncc2C(=O)N1Cc1sccc1Br. The Hall–Kier alpha value is -1.53. The maximum absolute atomic E-state index is 12.1. The number of nitrogens with zero attached hydrogens (tertiary/aromatic N) is 2. The van der Waals surface area contributed by atoms with Gasteiger partial charge in [0.2, 0.25) is 0 Å². The number of pyridine rings is 1. The first-order chi connectivity index (χ1) is 8.68. The number of hydrogen-bond donors (Lipinski definition) is 0. The number of amides is 2. The van der Waals surface area contributed by atoms with E-state index in [1.54, 1.807) is 6.07 Å². The lowest BCUT2D eigenvalue weighted by molar-refractivity contribution is 0.0643. The van der Waals surface area contributed by atoms with Crippen molar-refractivity contribution in [1.29, 1.82) is 0 Å². The molecule has 0 fully saturated rings. The Morgan fingerprint density at radius 3 is 2.67 bits per heavy atom. The summed E-state index contributed by atoms with van der Waals surface area (Å²) < 4.78 is 0.919. The van der Waals surface area contributed by atoms with Crippen molar-refractivity contribution in [2.75, 3.05) is 0 Å². The number of hydrogen-bond acceptors (Lipinski definition) is 4. The van der Waals surface area contributed by atoms with E-state index in [9.17, 15) is 9.59 Å². The van der Waals surface area contributed by atoms with Crippen LogP contribution in [0.2, 0.25) is 0 Å². The summed E-state index contributed by atoms with van der Waals surface area (Å²) >= 11 is 4.91. The number of imide groups is 1. The van der Waals surface area contributed by atoms with E-state index in [-0.39, 0.29) is 11.8 Å². The van der Waals surface area contributed by atoms with Crippen molar-refractivity contribution < 1.29 is 9.59 Å². The number of carbonyl (C=O) groups excluding carboxylic acids is 2. The molecule has 0 N–H and O–H groups in total. The lowest BCUT2D eigenvalue weighted by atomic mass is 10.2. The van der Waals surface area contributed by atoms with Gasteiger partial charge in [0.15, 0.2) is 0 Å². The standard InChI is InChI=1S/C12H7BrN2O2S/c13-9-2-4-18-10(9)6-15-11(16)7-1-3-14-5-8(7)12(15)17/h1-5H,6H2. The summed E-state index contributed by atoms with van der Waals surface area (Å²) in [5.41, 5.74) is 0.817. The molecule has 6 heteroatoms. The average Bonchev–Trinajstić information content (AvgIpc) is 2.89. The van der Waals surface area contributed by atoms with Crippen LogP contribution in [-0.2, 0) is 6.54 Å². The highest BCUT2D eigenvalue weighted by atomic mass is 79.9. The zero-order valence-corrected chi connectivity index (χ0v) is 11.5. The quantitative estimate of drug-likeness (QED) is 0.799. The molecular weight excluding hydrogens is 316 g/mol. The van der Waals surface area contributed by atoms with Gasteiger partial charge >= 0.3 is 0 Å². The van der Waals surface area contributed by atoms with Crippen LogP contribution in [0.5, 0.6) is 0 Å². The molecule has 0 radical (unpaired) electrons. The topological polar surface area (TPSA) is 50.3 Å². The van der Waals surface area contributed by atoms with Crippen LogP contribution in [0.1, 0.15) is 25.6 Å². The normalized spacial score (nSPS) is 14.2. The Bertz CT molecular complexity index is 618. The lowest BCUT2D eigenvalue weighted by Gasteiger charge is -2.12. The van der Waals surface area contributed by atoms with Gasteiger partial charge in [0.1, 0.15) is 0 Å². The Balaban J connectivity index is 1.95. The maximum Gasteiger partial charge on any atom is 0.263 e. The molecule has 1 aliphatic rings. The molecule has 0 unspecified atom stereocenters. The van der Waals surface area contributed by atoms with E-state index < -0.39 is 0 Å². The van der Waals surface area contributed by atoms with Crippen molar-refractivity contribution in [2.45, 2.75) is 6.54 Å². The largest absolute Gasteiger partial charge is 0.269 e. The first-order valence-corrected chi connectivity index (χ1v) is 6.88. The molecule has 18 heavy (non-hydrogen) atoms. The second-order valence-corrected chi connectivity index (χ2v) is 5.66. The second kappa shape index (κ2) is 4.29. The van der Waals surface area contributed by atoms with Gasteiger partial charge in [-0.3, -0.25) is 19.5 Å². The minimum absolute atomic E-state index is 0.252. The Morgan fingerprint density at radius 2 is 2.00 bits per heavy atom. The van der Waals surface area contributed by atoms with E-state index in [4.69, 9.17) is 0 Å². The predicted molar refractivity (Wildman–Crippen MR) is 70.5 cm³/mol. The molecule has 2 aromatic heterocycles. The van der Waals surface area contributed by atoms with Crippen molar-refractivity contribution in [1.82, 2.24) is 9.88 Å². The molecule has 1 aliphatic heterocycles. The van der Waals surface area contributed by atoms with Crippen LogP contribution in [-0.4, -0.2) is 21.7 Å². The van der Waals surface area contributed by atoms with E-state index in [2.05, 4.69) is 20.9 Å². The summed E-state index contributed by atoms with van der Waals surface area (Å²) in [6.45, 7) is 0.296. The van der Waals surface area contributed by atoms with Crippen LogP contribution in [0.25, 0.3) is 0 Å². The van der Waals surface area contributed by atoms with E-state index >= 15 is 0 Å². The van der Waals surface area contributed by atoms with Crippen molar-refractivity contribution >= 4 is 39.1 Å². The molecule has 0 aromatic carbocycles.